The number of aromatic nitrogens is 1. The number of hydrogen-bond donors (Lipinski definition) is 0. The maximum atomic E-state index is 12.9. The Hall–Kier alpha value is -3.02. The summed E-state index contributed by atoms with van der Waals surface area (Å²) in [6, 6.07) is 13.7. The van der Waals surface area contributed by atoms with E-state index in [4.69, 9.17) is 4.42 Å². The zero-order valence-electron chi connectivity index (χ0n) is 19.0. The van der Waals surface area contributed by atoms with Crippen molar-refractivity contribution < 1.29 is 9.21 Å². The van der Waals surface area contributed by atoms with Gasteiger partial charge in [0, 0.05) is 44.5 Å². The van der Waals surface area contributed by atoms with E-state index in [9.17, 15) is 9.59 Å². The Labute approximate surface area is 183 Å². The van der Waals surface area contributed by atoms with Crippen LogP contribution in [-0.4, -0.2) is 42.6 Å². The average molecular weight is 422 g/mol. The van der Waals surface area contributed by atoms with Crippen LogP contribution in [0.2, 0.25) is 0 Å². The van der Waals surface area contributed by atoms with Crippen LogP contribution in [-0.2, 0) is 5.41 Å². The molecule has 6 heteroatoms. The molecule has 1 aliphatic heterocycles. The predicted molar refractivity (Wildman–Crippen MR) is 124 cm³/mol. The Bertz CT molecular complexity index is 1140. The van der Waals surface area contributed by atoms with Gasteiger partial charge in [0.1, 0.15) is 0 Å². The summed E-state index contributed by atoms with van der Waals surface area (Å²) < 4.78 is 7.31. The van der Waals surface area contributed by atoms with Gasteiger partial charge in [0.15, 0.2) is 5.58 Å². The van der Waals surface area contributed by atoms with E-state index in [1.54, 1.807) is 4.57 Å². The van der Waals surface area contributed by atoms with Gasteiger partial charge in [-0.15, -0.1) is 0 Å². The maximum absolute atomic E-state index is 12.9. The first-order valence-electron chi connectivity index (χ1n) is 10.9. The predicted octanol–water partition coefficient (Wildman–Crippen LogP) is 4.44. The van der Waals surface area contributed by atoms with E-state index in [2.05, 4.69) is 26.8 Å². The number of carbonyl (C=O) groups is 1. The molecular weight excluding hydrogens is 390 g/mol. The second-order valence-electron chi connectivity index (χ2n) is 9.64. The van der Waals surface area contributed by atoms with Crippen LogP contribution in [0.5, 0.6) is 0 Å². The topological polar surface area (TPSA) is 58.7 Å². The molecule has 0 saturated carbocycles. The number of hydrogen-bond acceptors (Lipinski definition) is 4. The SMILES string of the molecule is CN(C)c1ccc(C(=O)N2CCC(n3c(=O)oc4ccc(C(C)(C)C)cc43)CC2)cc1. The fourth-order valence-electron chi connectivity index (χ4n) is 4.26. The van der Waals surface area contributed by atoms with Crippen LogP contribution in [0.3, 0.4) is 0 Å². The highest BCUT2D eigenvalue weighted by atomic mass is 16.4. The largest absolute Gasteiger partial charge is 0.420 e. The van der Waals surface area contributed by atoms with Crippen molar-refractivity contribution >= 4 is 22.7 Å². The van der Waals surface area contributed by atoms with Crippen LogP contribution < -0.4 is 10.7 Å². The van der Waals surface area contributed by atoms with E-state index in [0.29, 0.717) is 24.2 Å². The normalized spacial score (nSPS) is 15.5. The highest BCUT2D eigenvalue weighted by Gasteiger charge is 2.28. The number of oxazole rings is 1. The minimum atomic E-state index is -0.315. The lowest BCUT2D eigenvalue weighted by Gasteiger charge is -2.32. The minimum absolute atomic E-state index is 0.00967. The van der Waals surface area contributed by atoms with Crippen molar-refractivity contribution in [3.05, 3.63) is 64.1 Å². The molecule has 0 atom stereocenters. The quantitative estimate of drug-likeness (QED) is 0.628. The van der Waals surface area contributed by atoms with E-state index >= 15 is 0 Å². The van der Waals surface area contributed by atoms with Gasteiger partial charge in [0.05, 0.1) is 5.52 Å². The van der Waals surface area contributed by atoms with E-state index < -0.39 is 0 Å². The molecule has 1 aromatic heterocycles. The van der Waals surface area contributed by atoms with E-state index in [0.717, 1.165) is 24.0 Å². The lowest BCUT2D eigenvalue weighted by Crippen LogP contribution is -2.40. The first-order valence-corrected chi connectivity index (χ1v) is 10.9. The average Bonchev–Trinajstić information content (AvgIpc) is 3.07. The van der Waals surface area contributed by atoms with Crippen LogP contribution in [0, 0.1) is 0 Å². The Morgan fingerprint density at radius 2 is 1.68 bits per heavy atom. The maximum Gasteiger partial charge on any atom is 0.420 e. The molecule has 2 aromatic carbocycles. The number of rotatable bonds is 3. The van der Waals surface area contributed by atoms with Crippen molar-refractivity contribution in [2.45, 2.75) is 45.1 Å². The fourth-order valence-corrected chi connectivity index (χ4v) is 4.26. The molecule has 31 heavy (non-hydrogen) atoms. The molecule has 0 unspecified atom stereocenters. The Morgan fingerprint density at radius 3 is 2.26 bits per heavy atom. The van der Waals surface area contributed by atoms with Crippen LogP contribution in [0.1, 0.15) is 55.6 Å². The third kappa shape index (κ3) is 4.11. The first kappa shape index (κ1) is 21.2. The van der Waals surface area contributed by atoms with Gasteiger partial charge in [-0.25, -0.2) is 4.79 Å². The van der Waals surface area contributed by atoms with Gasteiger partial charge in [0.25, 0.3) is 5.91 Å². The number of piperidine rings is 1. The molecule has 1 fully saturated rings. The lowest BCUT2D eigenvalue weighted by atomic mass is 9.87. The summed E-state index contributed by atoms with van der Waals surface area (Å²) in [5, 5.41) is 0. The van der Waals surface area contributed by atoms with Crippen molar-refractivity contribution in [1.29, 1.82) is 0 Å². The standard InChI is InChI=1S/C25H31N3O3/c1-25(2,3)18-8-11-22-21(16-18)28(24(30)31-22)20-12-14-27(15-13-20)23(29)17-6-9-19(10-7-17)26(4)5/h6-11,16,20H,12-15H2,1-5H3. The summed E-state index contributed by atoms with van der Waals surface area (Å²) >= 11 is 0. The molecule has 164 valence electrons. The van der Waals surface area contributed by atoms with Gasteiger partial charge in [-0.05, 0) is 60.2 Å². The third-order valence-corrected chi connectivity index (χ3v) is 6.23. The van der Waals surface area contributed by atoms with Gasteiger partial charge in [0.2, 0.25) is 0 Å². The van der Waals surface area contributed by atoms with E-state index in [1.807, 2.05) is 60.3 Å². The molecule has 0 radical (unpaired) electrons. The number of fused-ring (bicyclic) bond motifs is 1. The second kappa shape index (κ2) is 7.91. The van der Waals surface area contributed by atoms with Crippen LogP contribution in [0.15, 0.2) is 51.7 Å². The van der Waals surface area contributed by atoms with Crippen molar-refractivity contribution in [3.8, 4) is 0 Å². The Kier molecular flexibility index (Phi) is 5.42. The third-order valence-electron chi connectivity index (χ3n) is 6.23. The molecule has 1 saturated heterocycles. The molecule has 0 bridgehead atoms. The monoisotopic (exact) mass is 421 g/mol. The molecule has 0 spiro atoms. The van der Waals surface area contributed by atoms with E-state index in [1.165, 1.54) is 5.56 Å². The van der Waals surface area contributed by atoms with Gasteiger partial charge < -0.3 is 14.2 Å². The smallest absolute Gasteiger partial charge is 0.408 e. The van der Waals surface area contributed by atoms with Crippen LogP contribution in [0.4, 0.5) is 5.69 Å². The number of carbonyl (C=O) groups excluding carboxylic acids is 1. The van der Waals surface area contributed by atoms with Crippen molar-refractivity contribution in [2.75, 3.05) is 32.1 Å². The molecule has 4 rings (SSSR count). The molecule has 1 amide bonds. The number of likely N-dealkylation sites (tertiary alicyclic amines) is 1. The number of amides is 1. The highest BCUT2D eigenvalue weighted by Crippen LogP contribution is 2.30. The van der Waals surface area contributed by atoms with Crippen molar-refractivity contribution in [1.82, 2.24) is 9.47 Å². The number of anilines is 1. The zero-order chi connectivity index (χ0) is 22.3. The molecular formula is C25H31N3O3. The summed E-state index contributed by atoms with van der Waals surface area (Å²) in [6.07, 6.45) is 1.46. The lowest BCUT2D eigenvalue weighted by molar-refractivity contribution is 0.0694. The summed E-state index contributed by atoms with van der Waals surface area (Å²) in [6.45, 7) is 7.72. The van der Waals surface area contributed by atoms with Gasteiger partial charge >= 0.3 is 5.76 Å². The zero-order valence-corrected chi connectivity index (χ0v) is 19.0. The number of benzene rings is 2. The molecule has 0 aliphatic carbocycles. The van der Waals surface area contributed by atoms with E-state index in [-0.39, 0.29) is 23.1 Å². The minimum Gasteiger partial charge on any atom is -0.408 e. The molecule has 0 N–H and O–H groups in total. The first-order chi connectivity index (χ1) is 14.6. The second-order valence-corrected chi connectivity index (χ2v) is 9.64. The van der Waals surface area contributed by atoms with Crippen LogP contribution in [0.25, 0.3) is 11.1 Å². The summed E-state index contributed by atoms with van der Waals surface area (Å²) in [5.74, 6) is -0.270. The molecule has 3 aromatic rings. The summed E-state index contributed by atoms with van der Waals surface area (Å²) in [5.41, 5.74) is 4.40. The molecule has 1 aliphatic rings. The Morgan fingerprint density at radius 1 is 1.03 bits per heavy atom. The number of nitrogens with zero attached hydrogens (tertiary/aromatic N) is 3. The van der Waals surface area contributed by atoms with Gasteiger partial charge in [-0.1, -0.05) is 26.8 Å². The summed E-state index contributed by atoms with van der Waals surface area (Å²) in [7, 11) is 3.96. The fraction of sp³-hybridized carbons (Fsp3) is 0.440. The molecule has 6 nitrogen and oxygen atoms in total. The van der Waals surface area contributed by atoms with Crippen molar-refractivity contribution in [2.24, 2.45) is 0 Å². The summed E-state index contributed by atoms with van der Waals surface area (Å²) in [4.78, 5) is 29.5. The van der Waals surface area contributed by atoms with Crippen LogP contribution >= 0.6 is 0 Å². The van der Waals surface area contributed by atoms with Gasteiger partial charge in [-0.3, -0.25) is 9.36 Å². The van der Waals surface area contributed by atoms with Gasteiger partial charge in [-0.2, -0.15) is 0 Å². The Balaban J connectivity index is 1.52. The highest BCUT2D eigenvalue weighted by molar-refractivity contribution is 5.94. The molecule has 2 heterocycles. The van der Waals surface area contributed by atoms with Crippen molar-refractivity contribution in [3.63, 3.8) is 0 Å².